The molecule has 0 heteroatoms. The summed E-state index contributed by atoms with van der Waals surface area (Å²) in [6.07, 6.45) is 11.8. The average Bonchev–Trinajstić information content (AvgIpc) is 2.85. The van der Waals surface area contributed by atoms with Gasteiger partial charge in [0, 0.05) is 0 Å². The molecule has 5 aliphatic rings. The van der Waals surface area contributed by atoms with Crippen LogP contribution in [0.5, 0.6) is 0 Å². The number of hydrogen-bond donors (Lipinski definition) is 0. The summed E-state index contributed by atoms with van der Waals surface area (Å²) >= 11 is 0. The lowest BCUT2D eigenvalue weighted by Crippen LogP contribution is -2.65. The summed E-state index contributed by atoms with van der Waals surface area (Å²) in [6.45, 7) is 39.2. The summed E-state index contributed by atoms with van der Waals surface area (Å²) in [7, 11) is 0. The van der Waals surface area contributed by atoms with Crippen LogP contribution >= 0.6 is 0 Å². The first kappa shape index (κ1) is 32.1. The molecule has 15 atom stereocenters. The molecule has 5 fully saturated rings. The molecule has 5 rings (SSSR count). The predicted molar refractivity (Wildman–Crippen MR) is 179 cm³/mol. The summed E-state index contributed by atoms with van der Waals surface area (Å²) in [6, 6.07) is 0. The molecule has 0 spiro atoms. The molecule has 0 aromatic carbocycles. The van der Waals surface area contributed by atoms with Crippen molar-refractivity contribution in [3.05, 3.63) is 12.2 Å². The van der Waals surface area contributed by atoms with Gasteiger partial charge in [-0.2, -0.15) is 0 Å². The molecule has 15 unspecified atom stereocenters. The molecule has 0 radical (unpaired) electrons. The van der Waals surface area contributed by atoms with Crippen molar-refractivity contribution in [1.82, 2.24) is 0 Å². The van der Waals surface area contributed by atoms with Crippen LogP contribution in [0, 0.1) is 105 Å². The lowest BCUT2D eigenvalue weighted by Gasteiger charge is -2.72. The molecule has 0 amide bonds. The van der Waals surface area contributed by atoms with E-state index in [1.807, 2.05) is 0 Å². The Morgan fingerprint density at radius 1 is 0.756 bits per heavy atom. The quantitative estimate of drug-likeness (QED) is 0.298. The van der Waals surface area contributed by atoms with Crippen LogP contribution in [0.4, 0.5) is 0 Å². The van der Waals surface area contributed by atoms with Gasteiger partial charge in [0.2, 0.25) is 0 Å². The Morgan fingerprint density at radius 3 is 2.00 bits per heavy atom. The standard InChI is InChI=1S/C41H72/c1-23(2)31-16-15-17-32(18-31)34-19-33(24(3)4)35-21-39(12)22-40(13)20-26(7)36(25(5)6)29(10)41(40,14)30(11)38(39)28(9)37(35)27(34)8/h23-28,30-38H,10,15-22H2,1-9,11-14H3. The lowest BCUT2D eigenvalue weighted by molar-refractivity contribution is -0.215. The van der Waals surface area contributed by atoms with Crippen molar-refractivity contribution in [3.8, 4) is 0 Å². The molecular weight excluding hydrogens is 492 g/mol. The minimum atomic E-state index is 0.252. The van der Waals surface area contributed by atoms with Crippen molar-refractivity contribution < 1.29 is 0 Å². The fourth-order valence-corrected chi connectivity index (χ4v) is 14.8. The molecule has 41 heavy (non-hydrogen) atoms. The number of rotatable bonds is 4. The predicted octanol–water partition coefficient (Wildman–Crippen LogP) is 12.2. The van der Waals surface area contributed by atoms with Gasteiger partial charge in [0.15, 0.2) is 0 Å². The second-order valence-corrected chi connectivity index (χ2v) is 19.3. The summed E-state index contributed by atoms with van der Waals surface area (Å²) < 4.78 is 0. The topological polar surface area (TPSA) is 0 Å². The third-order valence-electron chi connectivity index (χ3n) is 16.4. The van der Waals surface area contributed by atoms with Gasteiger partial charge in [-0.25, -0.2) is 0 Å². The zero-order chi connectivity index (χ0) is 30.4. The molecule has 0 aromatic rings. The van der Waals surface area contributed by atoms with Crippen LogP contribution in [0.1, 0.15) is 141 Å². The molecule has 0 bridgehead atoms. The van der Waals surface area contributed by atoms with Gasteiger partial charge in [0.05, 0.1) is 0 Å². The summed E-state index contributed by atoms with van der Waals surface area (Å²) in [5.41, 5.74) is 2.72. The highest BCUT2D eigenvalue weighted by Crippen LogP contribution is 2.75. The highest BCUT2D eigenvalue weighted by Gasteiger charge is 2.68. The molecule has 0 saturated heterocycles. The van der Waals surface area contributed by atoms with Crippen molar-refractivity contribution >= 4 is 0 Å². The van der Waals surface area contributed by atoms with Gasteiger partial charge >= 0.3 is 0 Å². The van der Waals surface area contributed by atoms with Crippen LogP contribution in [0.2, 0.25) is 0 Å². The minimum Gasteiger partial charge on any atom is -0.0990 e. The molecule has 0 aliphatic heterocycles. The number of hydrogen-bond acceptors (Lipinski definition) is 0. The number of allylic oxidation sites excluding steroid dienone is 1. The van der Waals surface area contributed by atoms with E-state index in [2.05, 4.69) is 90.0 Å². The van der Waals surface area contributed by atoms with Crippen LogP contribution in [0.25, 0.3) is 0 Å². The SMILES string of the molecule is C=C1C(C(C)C)C(C)CC2(C)CC3(C)CC4C(C(C)C)CC(C5CCCC(C(C)C)C5)C(C)C4C(C)C3C(C)C12C. The van der Waals surface area contributed by atoms with Gasteiger partial charge in [-0.05, 0) is 137 Å². The van der Waals surface area contributed by atoms with E-state index in [1.54, 1.807) is 5.57 Å². The Labute approximate surface area is 258 Å². The van der Waals surface area contributed by atoms with Crippen LogP contribution < -0.4 is 0 Å². The highest BCUT2D eigenvalue weighted by molar-refractivity contribution is 5.29. The van der Waals surface area contributed by atoms with Gasteiger partial charge in [0.25, 0.3) is 0 Å². The average molecular weight is 565 g/mol. The maximum Gasteiger partial charge on any atom is -0.00335 e. The Bertz CT molecular complexity index is 955. The van der Waals surface area contributed by atoms with Crippen molar-refractivity contribution in [1.29, 1.82) is 0 Å². The van der Waals surface area contributed by atoms with E-state index in [4.69, 9.17) is 6.58 Å². The van der Waals surface area contributed by atoms with E-state index in [-0.39, 0.29) is 5.41 Å². The maximum atomic E-state index is 5.03. The zero-order valence-corrected chi connectivity index (χ0v) is 30.0. The third-order valence-corrected chi connectivity index (χ3v) is 16.4. The molecule has 0 N–H and O–H groups in total. The monoisotopic (exact) mass is 565 g/mol. The minimum absolute atomic E-state index is 0.252. The van der Waals surface area contributed by atoms with Gasteiger partial charge in [-0.3, -0.25) is 0 Å². The van der Waals surface area contributed by atoms with Crippen molar-refractivity contribution in [2.75, 3.05) is 0 Å². The fourth-order valence-electron chi connectivity index (χ4n) is 14.8. The van der Waals surface area contributed by atoms with Crippen molar-refractivity contribution in [3.63, 3.8) is 0 Å². The van der Waals surface area contributed by atoms with Gasteiger partial charge in [-0.15, -0.1) is 0 Å². The third kappa shape index (κ3) is 4.79. The van der Waals surface area contributed by atoms with E-state index in [9.17, 15) is 0 Å². The first-order valence-electron chi connectivity index (χ1n) is 18.7. The van der Waals surface area contributed by atoms with E-state index < -0.39 is 0 Å². The Morgan fingerprint density at radius 2 is 1.41 bits per heavy atom. The molecule has 0 nitrogen and oxygen atoms in total. The normalized spacial score (nSPS) is 54.2. The summed E-state index contributed by atoms with van der Waals surface area (Å²) in [5, 5.41) is 0. The number of fused-ring (bicyclic) bond motifs is 3. The highest BCUT2D eigenvalue weighted by atomic mass is 14.7. The molecular formula is C41H72. The molecule has 236 valence electrons. The van der Waals surface area contributed by atoms with Crippen LogP contribution in [-0.4, -0.2) is 0 Å². The fraction of sp³-hybridized carbons (Fsp3) is 0.951. The Balaban J connectivity index is 1.52. The molecule has 0 heterocycles. The second-order valence-electron chi connectivity index (χ2n) is 19.3. The first-order chi connectivity index (χ1) is 19.0. The Hall–Kier alpha value is -0.260. The van der Waals surface area contributed by atoms with Crippen LogP contribution in [0.3, 0.4) is 0 Å². The molecule has 5 saturated carbocycles. The smallest absolute Gasteiger partial charge is 0.00335 e. The van der Waals surface area contributed by atoms with Crippen molar-refractivity contribution in [2.24, 2.45) is 105 Å². The zero-order valence-electron chi connectivity index (χ0n) is 30.0. The van der Waals surface area contributed by atoms with Crippen molar-refractivity contribution in [2.45, 2.75) is 141 Å². The van der Waals surface area contributed by atoms with Gasteiger partial charge in [-0.1, -0.05) is 121 Å². The maximum absolute atomic E-state index is 5.03. The van der Waals surface area contributed by atoms with E-state index in [0.29, 0.717) is 28.6 Å². The van der Waals surface area contributed by atoms with Crippen LogP contribution in [-0.2, 0) is 0 Å². The Kier molecular flexibility index (Phi) is 8.60. The molecule has 0 aromatic heterocycles. The van der Waals surface area contributed by atoms with E-state index in [1.165, 1.54) is 51.4 Å². The second kappa shape index (κ2) is 11.0. The van der Waals surface area contributed by atoms with E-state index >= 15 is 0 Å². The summed E-state index contributed by atoms with van der Waals surface area (Å²) in [5.74, 6) is 12.7. The first-order valence-corrected chi connectivity index (χ1v) is 18.7. The largest absolute Gasteiger partial charge is 0.0990 e. The lowest BCUT2D eigenvalue weighted by atomic mass is 9.32. The van der Waals surface area contributed by atoms with Crippen LogP contribution in [0.15, 0.2) is 12.2 Å². The molecule has 5 aliphatic carbocycles. The summed E-state index contributed by atoms with van der Waals surface area (Å²) in [4.78, 5) is 0. The van der Waals surface area contributed by atoms with Gasteiger partial charge in [0.1, 0.15) is 0 Å². The van der Waals surface area contributed by atoms with E-state index in [0.717, 1.165) is 71.0 Å². The van der Waals surface area contributed by atoms with Gasteiger partial charge < -0.3 is 0 Å².